The number of carbonyl (C=O) groups is 2. The summed E-state index contributed by atoms with van der Waals surface area (Å²) in [6.07, 6.45) is 0.943. The molecular formula is C19H18ClNO2. The second kappa shape index (κ2) is 6.17. The highest BCUT2D eigenvalue weighted by Crippen LogP contribution is 2.34. The Bertz CT molecular complexity index is 785. The molecule has 0 aliphatic carbocycles. The van der Waals surface area contributed by atoms with Crippen LogP contribution in [0, 0.1) is 6.92 Å². The summed E-state index contributed by atoms with van der Waals surface area (Å²) in [5.41, 5.74) is 3.49. The molecule has 0 spiro atoms. The number of amides is 1. The first-order chi connectivity index (χ1) is 11.0. The van der Waals surface area contributed by atoms with Crippen molar-refractivity contribution in [1.29, 1.82) is 0 Å². The van der Waals surface area contributed by atoms with Crippen molar-refractivity contribution < 1.29 is 9.59 Å². The molecule has 1 atom stereocenters. The standard InChI is InChI=1S/C19H18ClNO2/c1-12-7-8-13(16(20)11-12)9-10-17(22)18-14-5-3-4-6-15(14)19(23)21(18)2/h3-8,11,18H,9-10H2,1-2H3. The number of halogens is 1. The third kappa shape index (κ3) is 2.89. The average molecular weight is 328 g/mol. The summed E-state index contributed by atoms with van der Waals surface area (Å²) in [7, 11) is 1.68. The lowest BCUT2D eigenvalue weighted by molar-refractivity contribution is -0.123. The van der Waals surface area contributed by atoms with E-state index in [0.717, 1.165) is 16.7 Å². The average Bonchev–Trinajstić information content (AvgIpc) is 2.78. The highest BCUT2D eigenvalue weighted by molar-refractivity contribution is 6.31. The number of hydrogen-bond donors (Lipinski definition) is 0. The number of aryl methyl sites for hydroxylation is 2. The van der Waals surface area contributed by atoms with Gasteiger partial charge in [-0.3, -0.25) is 9.59 Å². The Labute approximate surface area is 140 Å². The molecule has 1 unspecified atom stereocenters. The van der Waals surface area contributed by atoms with E-state index in [1.807, 2.05) is 43.3 Å². The Hall–Kier alpha value is -2.13. The van der Waals surface area contributed by atoms with Gasteiger partial charge >= 0.3 is 0 Å². The van der Waals surface area contributed by atoms with Gasteiger partial charge in [-0.2, -0.15) is 0 Å². The van der Waals surface area contributed by atoms with Gasteiger partial charge in [-0.15, -0.1) is 0 Å². The molecule has 118 valence electrons. The van der Waals surface area contributed by atoms with Crippen LogP contribution in [-0.4, -0.2) is 23.6 Å². The minimum Gasteiger partial charge on any atom is -0.328 e. The number of ketones is 1. The molecule has 1 heterocycles. The fourth-order valence-corrected chi connectivity index (χ4v) is 3.41. The first-order valence-electron chi connectivity index (χ1n) is 7.63. The summed E-state index contributed by atoms with van der Waals surface area (Å²) in [5, 5.41) is 0.689. The third-order valence-corrected chi connectivity index (χ3v) is 4.70. The second-order valence-corrected chi connectivity index (χ2v) is 6.37. The molecule has 2 aromatic rings. The van der Waals surface area contributed by atoms with Crippen molar-refractivity contribution in [3.8, 4) is 0 Å². The zero-order chi connectivity index (χ0) is 16.6. The highest BCUT2D eigenvalue weighted by atomic mass is 35.5. The molecule has 0 saturated heterocycles. The van der Waals surface area contributed by atoms with Crippen LogP contribution >= 0.6 is 11.6 Å². The number of Topliss-reactive ketones (excluding diaryl/α,β-unsaturated/α-hetero) is 1. The topological polar surface area (TPSA) is 37.4 Å². The van der Waals surface area contributed by atoms with Gasteiger partial charge in [-0.25, -0.2) is 0 Å². The third-order valence-electron chi connectivity index (χ3n) is 4.35. The van der Waals surface area contributed by atoms with E-state index in [0.29, 0.717) is 23.4 Å². The fourth-order valence-electron chi connectivity index (χ4n) is 3.09. The first kappa shape index (κ1) is 15.8. The van der Waals surface area contributed by atoms with Crippen molar-refractivity contribution >= 4 is 23.3 Å². The molecule has 1 aliphatic heterocycles. The summed E-state index contributed by atoms with van der Waals surface area (Å²) in [4.78, 5) is 26.4. The molecule has 1 aliphatic rings. The van der Waals surface area contributed by atoms with E-state index >= 15 is 0 Å². The Kier molecular flexibility index (Phi) is 4.22. The van der Waals surface area contributed by atoms with Crippen molar-refractivity contribution in [1.82, 2.24) is 4.90 Å². The molecule has 4 heteroatoms. The predicted octanol–water partition coefficient (Wildman–Crippen LogP) is 3.98. The van der Waals surface area contributed by atoms with Gasteiger partial charge < -0.3 is 4.90 Å². The zero-order valence-electron chi connectivity index (χ0n) is 13.2. The van der Waals surface area contributed by atoms with Crippen molar-refractivity contribution in [3.05, 3.63) is 69.7 Å². The largest absolute Gasteiger partial charge is 0.328 e. The van der Waals surface area contributed by atoms with Gasteiger partial charge in [-0.1, -0.05) is 41.9 Å². The van der Waals surface area contributed by atoms with E-state index in [1.54, 1.807) is 13.1 Å². The number of benzene rings is 2. The molecule has 0 fully saturated rings. The lowest BCUT2D eigenvalue weighted by Crippen LogP contribution is -2.29. The lowest BCUT2D eigenvalue weighted by Gasteiger charge is -2.19. The van der Waals surface area contributed by atoms with Crippen LogP contribution in [0.5, 0.6) is 0 Å². The molecule has 0 bridgehead atoms. The van der Waals surface area contributed by atoms with Crippen LogP contribution in [0.15, 0.2) is 42.5 Å². The summed E-state index contributed by atoms with van der Waals surface area (Å²) in [5.74, 6) is -0.0465. The van der Waals surface area contributed by atoms with Crippen LogP contribution in [0.4, 0.5) is 0 Å². The molecule has 0 radical (unpaired) electrons. The number of hydrogen-bond acceptors (Lipinski definition) is 2. The van der Waals surface area contributed by atoms with Crippen LogP contribution in [0.2, 0.25) is 5.02 Å². The van der Waals surface area contributed by atoms with Crippen molar-refractivity contribution in [2.45, 2.75) is 25.8 Å². The molecule has 3 rings (SSSR count). The Morgan fingerprint density at radius 1 is 1.22 bits per heavy atom. The van der Waals surface area contributed by atoms with Gasteiger partial charge in [0.25, 0.3) is 5.91 Å². The molecule has 2 aromatic carbocycles. The molecule has 0 aromatic heterocycles. The number of nitrogens with zero attached hydrogens (tertiary/aromatic N) is 1. The Balaban J connectivity index is 1.77. The lowest BCUT2D eigenvalue weighted by atomic mass is 9.97. The summed E-state index contributed by atoms with van der Waals surface area (Å²) >= 11 is 6.23. The van der Waals surface area contributed by atoms with Gasteiger partial charge in [0.05, 0.1) is 0 Å². The van der Waals surface area contributed by atoms with Crippen molar-refractivity contribution in [3.63, 3.8) is 0 Å². The Morgan fingerprint density at radius 2 is 1.96 bits per heavy atom. The second-order valence-electron chi connectivity index (χ2n) is 5.97. The van der Waals surface area contributed by atoms with E-state index in [-0.39, 0.29) is 11.7 Å². The van der Waals surface area contributed by atoms with Crippen LogP contribution in [-0.2, 0) is 11.2 Å². The fraction of sp³-hybridized carbons (Fsp3) is 0.263. The highest BCUT2D eigenvalue weighted by Gasteiger charge is 2.37. The maximum atomic E-state index is 12.7. The predicted molar refractivity (Wildman–Crippen MR) is 90.8 cm³/mol. The van der Waals surface area contributed by atoms with E-state index in [9.17, 15) is 9.59 Å². The number of rotatable bonds is 4. The number of fused-ring (bicyclic) bond motifs is 1. The van der Waals surface area contributed by atoms with E-state index in [4.69, 9.17) is 11.6 Å². The summed E-state index contributed by atoms with van der Waals surface area (Å²) < 4.78 is 0. The molecule has 23 heavy (non-hydrogen) atoms. The van der Waals surface area contributed by atoms with Gasteiger partial charge in [-0.05, 0) is 42.2 Å². The Morgan fingerprint density at radius 3 is 2.70 bits per heavy atom. The van der Waals surface area contributed by atoms with E-state index in [1.165, 1.54) is 4.90 Å². The SMILES string of the molecule is Cc1ccc(CCC(=O)C2c3ccccc3C(=O)N2C)c(Cl)c1. The maximum Gasteiger partial charge on any atom is 0.254 e. The zero-order valence-corrected chi connectivity index (χ0v) is 13.9. The van der Waals surface area contributed by atoms with Crippen LogP contribution in [0.3, 0.4) is 0 Å². The smallest absolute Gasteiger partial charge is 0.254 e. The van der Waals surface area contributed by atoms with Crippen LogP contribution in [0.25, 0.3) is 0 Å². The van der Waals surface area contributed by atoms with Gasteiger partial charge in [0, 0.05) is 24.1 Å². The summed E-state index contributed by atoms with van der Waals surface area (Å²) in [6.45, 7) is 1.98. The normalized spacial score (nSPS) is 16.6. The molecular weight excluding hydrogens is 310 g/mol. The maximum absolute atomic E-state index is 12.7. The van der Waals surface area contributed by atoms with Gasteiger partial charge in [0.1, 0.15) is 6.04 Å². The molecule has 1 amide bonds. The molecule has 3 nitrogen and oxygen atoms in total. The minimum absolute atomic E-state index is 0.0439. The molecule has 0 N–H and O–H groups in total. The quantitative estimate of drug-likeness (QED) is 0.852. The van der Waals surface area contributed by atoms with Gasteiger partial charge in [0.15, 0.2) is 5.78 Å². The van der Waals surface area contributed by atoms with Crippen LogP contribution < -0.4 is 0 Å². The van der Waals surface area contributed by atoms with Gasteiger partial charge in [0.2, 0.25) is 0 Å². The first-order valence-corrected chi connectivity index (χ1v) is 8.00. The van der Waals surface area contributed by atoms with E-state index in [2.05, 4.69) is 0 Å². The number of carbonyl (C=O) groups excluding carboxylic acids is 2. The minimum atomic E-state index is -0.483. The number of likely N-dealkylation sites (N-methyl/N-ethyl adjacent to an activating group) is 1. The summed E-state index contributed by atoms with van der Waals surface area (Å²) in [6, 6.07) is 12.7. The van der Waals surface area contributed by atoms with Crippen molar-refractivity contribution in [2.24, 2.45) is 0 Å². The molecule has 0 saturated carbocycles. The monoisotopic (exact) mass is 327 g/mol. The van der Waals surface area contributed by atoms with Crippen LogP contribution in [0.1, 0.15) is 39.5 Å². The van der Waals surface area contributed by atoms with E-state index < -0.39 is 6.04 Å². The van der Waals surface area contributed by atoms with Crippen molar-refractivity contribution in [2.75, 3.05) is 7.05 Å².